The number of hydrogen-bond donors (Lipinski definition) is 1. The summed E-state index contributed by atoms with van der Waals surface area (Å²) < 4.78 is 44.3. The van der Waals surface area contributed by atoms with Crippen LogP contribution in [-0.4, -0.2) is 12.6 Å². The summed E-state index contributed by atoms with van der Waals surface area (Å²) >= 11 is 0. The standard InChI is InChI=1S/C19H18F3NO/c1-18(2)11-16(12-5-4-6-13(9-12)19(20,21)22)15-8-7-14(24-3)10-17(15)23-18/h4-11,23H,1-3H3. The smallest absolute Gasteiger partial charge is 0.416 e. The Labute approximate surface area is 139 Å². The Kier molecular flexibility index (Phi) is 3.82. The van der Waals surface area contributed by atoms with Gasteiger partial charge in [0.25, 0.3) is 0 Å². The molecule has 5 heteroatoms. The summed E-state index contributed by atoms with van der Waals surface area (Å²) in [7, 11) is 1.58. The average molecular weight is 333 g/mol. The van der Waals surface area contributed by atoms with Crippen LogP contribution in [0, 0.1) is 0 Å². The number of methoxy groups -OCH3 is 1. The fourth-order valence-corrected chi connectivity index (χ4v) is 2.91. The Hall–Kier alpha value is -2.43. The average Bonchev–Trinajstić information content (AvgIpc) is 2.52. The van der Waals surface area contributed by atoms with E-state index < -0.39 is 11.7 Å². The van der Waals surface area contributed by atoms with E-state index in [-0.39, 0.29) is 5.54 Å². The van der Waals surface area contributed by atoms with E-state index in [1.54, 1.807) is 19.2 Å². The van der Waals surface area contributed by atoms with Gasteiger partial charge in [-0.15, -0.1) is 0 Å². The van der Waals surface area contributed by atoms with Crippen molar-refractivity contribution in [1.29, 1.82) is 0 Å². The normalized spacial score (nSPS) is 16.0. The third kappa shape index (κ3) is 3.11. The highest BCUT2D eigenvalue weighted by atomic mass is 19.4. The minimum Gasteiger partial charge on any atom is -0.497 e. The second-order valence-corrected chi connectivity index (χ2v) is 6.39. The summed E-state index contributed by atoms with van der Waals surface area (Å²) in [6.45, 7) is 3.95. The Morgan fingerprint density at radius 1 is 1.04 bits per heavy atom. The second-order valence-electron chi connectivity index (χ2n) is 6.39. The van der Waals surface area contributed by atoms with Crippen molar-refractivity contribution in [2.45, 2.75) is 25.6 Å². The van der Waals surface area contributed by atoms with E-state index in [1.165, 1.54) is 12.1 Å². The minimum absolute atomic E-state index is 0.386. The molecule has 0 amide bonds. The lowest BCUT2D eigenvalue weighted by Crippen LogP contribution is -2.32. The maximum absolute atomic E-state index is 13.0. The highest BCUT2D eigenvalue weighted by Crippen LogP contribution is 2.40. The van der Waals surface area contributed by atoms with Gasteiger partial charge in [0.15, 0.2) is 0 Å². The number of anilines is 1. The van der Waals surface area contributed by atoms with Crippen LogP contribution >= 0.6 is 0 Å². The minimum atomic E-state index is -4.36. The quantitative estimate of drug-likeness (QED) is 0.800. The van der Waals surface area contributed by atoms with E-state index in [0.29, 0.717) is 11.3 Å². The molecule has 24 heavy (non-hydrogen) atoms. The third-order valence-electron chi connectivity index (χ3n) is 3.98. The fraction of sp³-hybridized carbons (Fsp3) is 0.263. The topological polar surface area (TPSA) is 21.3 Å². The second kappa shape index (κ2) is 5.58. The van der Waals surface area contributed by atoms with Crippen LogP contribution in [0.1, 0.15) is 30.5 Å². The van der Waals surface area contributed by atoms with Crippen LogP contribution in [0.2, 0.25) is 0 Å². The van der Waals surface area contributed by atoms with Crippen molar-refractivity contribution in [3.05, 3.63) is 65.2 Å². The Bertz CT molecular complexity index is 806. The first kappa shape index (κ1) is 16.4. The zero-order valence-corrected chi connectivity index (χ0v) is 13.7. The summed E-state index contributed by atoms with van der Waals surface area (Å²) in [6.07, 6.45) is -2.40. The van der Waals surface area contributed by atoms with Gasteiger partial charge < -0.3 is 10.1 Å². The van der Waals surface area contributed by atoms with Crippen LogP contribution < -0.4 is 10.1 Å². The predicted molar refractivity (Wildman–Crippen MR) is 89.2 cm³/mol. The molecule has 0 bridgehead atoms. The molecule has 0 unspecified atom stereocenters. The Balaban J connectivity index is 2.15. The number of ether oxygens (including phenoxy) is 1. The molecule has 1 aliphatic rings. The van der Waals surface area contributed by atoms with Crippen molar-refractivity contribution in [3.63, 3.8) is 0 Å². The summed E-state index contributed by atoms with van der Waals surface area (Å²) in [4.78, 5) is 0. The van der Waals surface area contributed by atoms with E-state index in [4.69, 9.17) is 4.74 Å². The molecule has 1 N–H and O–H groups in total. The lowest BCUT2D eigenvalue weighted by atomic mass is 9.86. The molecule has 0 atom stereocenters. The van der Waals surface area contributed by atoms with Gasteiger partial charge in [-0.25, -0.2) is 0 Å². The molecule has 0 saturated heterocycles. The zero-order valence-electron chi connectivity index (χ0n) is 13.7. The van der Waals surface area contributed by atoms with E-state index >= 15 is 0 Å². The molecule has 0 radical (unpaired) electrons. The van der Waals surface area contributed by atoms with Gasteiger partial charge in [0.1, 0.15) is 5.75 Å². The number of fused-ring (bicyclic) bond motifs is 1. The van der Waals surface area contributed by atoms with Crippen molar-refractivity contribution < 1.29 is 17.9 Å². The number of benzene rings is 2. The monoisotopic (exact) mass is 333 g/mol. The van der Waals surface area contributed by atoms with Gasteiger partial charge in [0.05, 0.1) is 18.2 Å². The van der Waals surface area contributed by atoms with E-state index in [0.717, 1.165) is 22.9 Å². The highest BCUT2D eigenvalue weighted by Gasteiger charge is 2.31. The summed E-state index contributed by atoms with van der Waals surface area (Å²) in [6, 6.07) is 11.0. The molecule has 1 heterocycles. The van der Waals surface area contributed by atoms with Crippen molar-refractivity contribution in [1.82, 2.24) is 0 Å². The molecular weight excluding hydrogens is 315 g/mol. The number of nitrogens with one attached hydrogen (secondary N) is 1. The molecule has 0 saturated carbocycles. The summed E-state index contributed by atoms with van der Waals surface area (Å²) in [5, 5.41) is 3.38. The van der Waals surface area contributed by atoms with E-state index in [2.05, 4.69) is 5.32 Å². The van der Waals surface area contributed by atoms with Crippen LogP contribution in [0.25, 0.3) is 5.57 Å². The first-order chi connectivity index (χ1) is 11.2. The molecule has 2 aromatic carbocycles. The largest absolute Gasteiger partial charge is 0.497 e. The van der Waals surface area contributed by atoms with Crippen LogP contribution in [0.4, 0.5) is 18.9 Å². The van der Waals surface area contributed by atoms with Gasteiger partial charge in [0.2, 0.25) is 0 Å². The predicted octanol–water partition coefficient (Wildman–Crippen LogP) is 5.35. The van der Waals surface area contributed by atoms with Gasteiger partial charge in [-0.1, -0.05) is 18.2 Å². The van der Waals surface area contributed by atoms with Crippen LogP contribution in [-0.2, 0) is 6.18 Å². The van der Waals surface area contributed by atoms with Gasteiger partial charge in [0, 0.05) is 17.3 Å². The first-order valence-corrected chi connectivity index (χ1v) is 7.57. The van der Waals surface area contributed by atoms with Gasteiger partial charge >= 0.3 is 6.18 Å². The number of rotatable bonds is 2. The molecule has 0 fully saturated rings. The van der Waals surface area contributed by atoms with Crippen molar-refractivity contribution >= 4 is 11.3 Å². The van der Waals surface area contributed by atoms with Crippen LogP contribution in [0.15, 0.2) is 48.5 Å². The SMILES string of the molecule is COc1ccc2c(c1)NC(C)(C)C=C2c1cccc(C(F)(F)F)c1. The molecule has 1 aliphatic heterocycles. The number of hydrogen-bond acceptors (Lipinski definition) is 2. The van der Waals surface area contributed by atoms with E-state index in [1.807, 2.05) is 32.1 Å². The Morgan fingerprint density at radius 3 is 2.46 bits per heavy atom. The zero-order chi connectivity index (χ0) is 17.5. The third-order valence-corrected chi connectivity index (χ3v) is 3.98. The molecule has 3 rings (SSSR count). The fourth-order valence-electron chi connectivity index (χ4n) is 2.91. The molecule has 2 nitrogen and oxygen atoms in total. The summed E-state index contributed by atoms with van der Waals surface area (Å²) in [5.41, 5.74) is 1.99. The van der Waals surface area contributed by atoms with Gasteiger partial charge in [-0.3, -0.25) is 0 Å². The highest BCUT2D eigenvalue weighted by molar-refractivity contribution is 5.90. The van der Waals surface area contributed by atoms with Crippen molar-refractivity contribution in [3.8, 4) is 5.75 Å². The lowest BCUT2D eigenvalue weighted by Gasteiger charge is -2.32. The molecule has 0 spiro atoms. The molecule has 0 aromatic heterocycles. The molecule has 126 valence electrons. The maximum Gasteiger partial charge on any atom is 0.416 e. The van der Waals surface area contributed by atoms with Crippen LogP contribution in [0.3, 0.4) is 0 Å². The van der Waals surface area contributed by atoms with E-state index in [9.17, 15) is 13.2 Å². The molecular formula is C19H18F3NO. The van der Waals surface area contributed by atoms with Crippen molar-refractivity contribution in [2.75, 3.05) is 12.4 Å². The Morgan fingerprint density at radius 2 is 1.79 bits per heavy atom. The van der Waals surface area contributed by atoms with Crippen LogP contribution in [0.5, 0.6) is 5.75 Å². The summed E-state index contributed by atoms with van der Waals surface area (Å²) in [5.74, 6) is 0.697. The number of alkyl halides is 3. The van der Waals surface area contributed by atoms with Crippen molar-refractivity contribution in [2.24, 2.45) is 0 Å². The lowest BCUT2D eigenvalue weighted by molar-refractivity contribution is -0.137. The van der Waals surface area contributed by atoms with Gasteiger partial charge in [-0.05, 0) is 49.2 Å². The number of halogens is 3. The molecule has 0 aliphatic carbocycles. The van der Waals surface area contributed by atoms with Gasteiger partial charge in [-0.2, -0.15) is 13.2 Å². The maximum atomic E-state index is 13.0. The first-order valence-electron chi connectivity index (χ1n) is 7.57. The molecule has 2 aromatic rings.